The zero-order chi connectivity index (χ0) is 25.8. The number of anilines is 1. The lowest BCUT2D eigenvalue weighted by atomic mass is 10.0. The Kier molecular flexibility index (Phi) is 8.40. The molecule has 0 aliphatic heterocycles. The first-order chi connectivity index (χ1) is 16.5. The van der Waals surface area contributed by atoms with Crippen molar-refractivity contribution in [2.75, 3.05) is 12.4 Å². The molecule has 192 valence electrons. The number of alkyl carbamates (subject to hydrolysis) is 1. The van der Waals surface area contributed by atoms with Gasteiger partial charge in [0.05, 0.1) is 18.9 Å². The number of methoxy groups -OCH3 is 1. The van der Waals surface area contributed by atoms with Gasteiger partial charge in [0.25, 0.3) is 5.91 Å². The lowest BCUT2D eigenvalue weighted by Crippen LogP contribution is -2.44. The predicted octanol–water partition coefficient (Wildman–Crippen LogP) is 3.70. The monoisotopic (exact) mass is 487 g/mol. The van der Waals surface area contributed by atoms with Crippen molar-refractivity contribution in [1.82, 2.24) is 10.6 Å². The van der Waals surface area contributed by atoms with Gasteiger partial charge in [-0.15, -0.1) is 0 Å². The third kappa shape index (κ3) is 7.19. The minimum atomic E-state index is -0.617. The second kappa shape index (κ2) is 11.1. The van der Waals surface area contributed by atoms with E-state index in [0.29, 0.717) is 36.9 Å². The molecule has 0 saturated heterocycles. The van der Waals surface area contributed by atoms with Gasteiger partial charge in [0.15, 0.2) is 0 Å². The first-order valence-corrected chi connectivity index (χ1v) is 12.3. The summed E-state index contributed by atoms with van der Waals surface area (Å²) in [5.74, 6) is -1.54. The Labute approximate surface area is 206 Å². The Morgan fingerprint density at radius 3 is 2.14 bits per heavy atom. The van der Waals surface area contributed by atoms with Gasteiger partial charge in [-0.2, -0.15) is 0 Å². The highest BCUT2D eigenvalue weighted by molar-refractivity contribution is 5.98. The maximum Gasteiger partial charge on any atom is 0.407 e. The molecule has 0 aromatic heterocycles. The largest absolute Gasteiger partial charge is 0.469 e. The standard InChI is InChI=1S/C26H37N3O6/c1-15-12-16(22(30)28-21-11-7-9-19(21)24(32)34-5)14-17(13-15)27-23(31)18-8-6-10-20(18)29-25(33)35-26(2,3)4/h12-14,18-21H,6-11H2,1-5H3,(H,27,31)(H,28,30)(H,29,33). The number of hydrogen-bond acceptors (Lipinski definition) is 6. The third-order valence-corrected chi connectivity index (χ3v) is 6.50. The summed E-state index contributed by atoms with van der Waals surface area (Å²) in [4.78, 5) is 50.2. The van der Waals surface area contributed by atoms with E-state index in [2.05, 4.69) is 16.0 Å². The van der Waals surface area contributed by atoms with Crippen molar-refractivity contribution in [3.63, 3.8) is 0 Å². The van der Waals surface area contributed by atoms with E-state index in [-0.39, 0.29) is 41.7 Å². The molecule has 3 amide bonds. The summed E-state index contributed by atoms with van der Waals surface area (Å²) in [6.45, 7) is 7.22. The van der Waals surface area contributed by atoms with E-state index in [1.165, 1.54) is 7.11 Å². The van der Waals surface area contributed by atoms with Gasteiger partial charge in [0.2, 0.25) is 5.91 Å². The highest BCUT2D eigenvalue weighted by atomic mass is 16.6. The van der Waals surface area contributed by atoms with Crippen LogP contribution in [0.25, 0.3) is 0 Å². The smallest absolute Gasteiger partial charge is 0.407 e. The number of benzene rings is 1. The van der Waals surface area contributed by atoms with Crippen molar-refractivity contribution >= 4 is 29.6 Å². The Bertz CT molecular complexity index is 970. The van der Waals surface area contributed by atoms with Gasteiger partial charge in [-0.3, -0.25) is 14.4 Å². The Hall–Kier alpha value is -3.10. The molecule has 9 heteroatoms. The summed E-state index contributed by atoms with van der Waals surface area (Å²) in [6.07, 6.45) is 3.89. The van der Waals surface area contributed by atoms with Crippen molar-refractivity contribution in [2.24, 2.45) is 11.8 Å². The molecule has 35 heavy (non-hydrogen) atoms. The second-order valence-electron chi connectivity index (χ2n) is 10.5. The molecule has 9 nitrogen and oxygen atoms in total. The molecule has 3 rings (SSSR count). The van der Waals surface area contributed by atoms with E-state index in [1.807, 2.05) is 6.92 Å². The fourth-order valence-electron chi connectivity index (χ4n) is 4.94. The fourth-order valence-corrected chi connectivity index (χ4v) is 4.94. The fraction of sp³-hybridized carbons (Fsp3) is 0.615. The molecule has 3 N–H and O–H groups in total. The number of rotatable bonds is 6. The van der Waals surface area contributed by atoms with Crippen LogP contribution in [0.2, 0.25) is 0 Å². The minimum absolute atomic E-state index is 0.206. The Balaban J connectivity index is 1.65. The van der Waals surface area contributed by atoms with Crippen LogP contribution < -0.4 is 16.0 Å². The number of esters is 1. The van der Waals surface area contributed by atoms with Crippen LogP contribution in [0.15, 0.2) is 18.2 Å². The van der Waals surface area contributed by atoms with Crippen LogP contribution in [-0.2, 0) is 19.1 Å². The van der Waals surface area contributed by atoms with E-state index in [9.17, 15) is 19.2 Å². The summed E-state index contributed by atoms with van der Waals surface area (Å²) < 4.78 is 10.2. The first kappa shape index (κ1) is 26.5. The van der Waals surface area contributed by atoms with Crippen molar-refractivity contribution in [3.8, 4) is 0 Å². The number of carbonyl (C=O) groups excluding carboxylic acids is 4. The Morgan fingerprint density at radius 1 is 0.886 bits per heavy atom. The molecule has 0 spiro atoms. The van der Waals surface area contributed by atoms with Crippen molar-refractivity contribution in [3.05, 3.63) is 29.3 Å². The van der Waals surface area contributed by atoms with E-state index in [0.717, 1.165) is 18.4 Å². The van der Waals surface area contributed by atoms with Gasteiger partial charge in [-0.05, 0) is 77.1 Å². The van der Waals surface area contributed by atoms with Crippen molar-refractivity contribution in [1.29, 1.82) is 0 Å². The lowest BCUT2D eigenvalue weighted by molar-refractivity contribution is -0.145. The quantitative estimate of drug-likeness (QED) is 0.526. The molecule has 0 radical (unpaired) electrons. The number of hydrogen-bond donors (Lipinski definition) is 3. The number of aryl methyl sites for hydroxylation is 1. The summed E-state index contributed by atoms with van der Waals surface area (Å²) in [5, 5.41) is 8.70. The van der Waals surface area contributed by atoms with E-state index >= 15 is 0 Å². The molecule has 1 aromatic rings. The third-order valence-electron chi connectivity index (χ3n) is 6.50. The lowest BCUT2D eigenvalue weighted by Gasteiger charge is -2.24. The van der Waals surface area contributed by atoms with Crippen LogP contribution in [-0.4, -0.2) is 48.7 Å². The second-order valence-corrected chi connectivity index (χ2v) is 10.5. The zero-order valence-electron chi connectivity index (χ0n) is 21.2. The normalized spacial score (nSPS) is 23.9. The van der Waals surface area contributed by atoms with Crippen molar-refractivity contribution in [2.45, 2.75) is 83.9 Å². The van der Waals surface area contributed by atoms with E-state index in [1.54, 1.807) is 39.0 Å². The van der Waals surface area contributed by atoms with Crippen LogP contribution in [0.4, 0.5) is 10.5 Å². The van der Waals surface area contributed by atoms with Gasteiger partial charge < -0.3 is 25.4 Å². The summed E-state index contributed by atoms with van der Waals surface area (Å²) in [7, 11) is 1.35. The highest BCUT2D eigenvalue weighted by Gasteiger charge is 2.36. The Morgan fingerprint density at radius 2 is 1.51 bits per heavy atom. The summed E-state index contributed by atoms with van der Waals surface area (Å²) in [6, 6.07) is 4.59. The van der Waals surface area contributed by atoms with Crippen LogP contribution in [0.1, 0.15) is 75.2 Å². The topological polar surface area (TPSA) is 123 Å². The van der Waals surface area contributed by atoms with Crippen LogP contribution in [0.3, 0.4) is 0 Å². The molecule has 4 unspecified atom stereocenters. The highest BCUT2D eigenvalue weighted by Crippen LogP contribution is 2.29. The maximum atomic E-state index is 13.1. The summed E-state index contributed by atoms with van der Waals surface area (Å²) in [5.41, 5.74) is 1.12. The van der Waals surface area contributed by atoms with Gasteiger partial charge in [-0.25, -0.2) is 4.79 Å². The van der Waals surface area contributed by atoms with Gasteiger partial charge in [0.1, 0.15) is 5.60 Å². The van der Waals surface area contributed by atoms with Crippen LogP contribution >= 0.6 is 0 Å². The van der Waals surface area contributed by atoms with Crippen LogP contribution in [0.5, 0.6) is 0 Å². The molecule has 2 aliphatic carbocycles. The molecule has 1 aromatic carbocycles. The van der Waals surface area contributed by atoms with E-state index in [4.69, 9.17) is 9.47 Å². The molecule has 2 aliphatic rings. The van der Waals surface area contributed by atoms with Crippen molar-refractivity contribution < 1.29 is 28.7 Å². The number of amides is 3. The van der Waals surface area contributed by atoms with Gasteiger partial charge in [0, 0.05) is 23.3 Å². The molecule has 0 bridgehead atoms. The molecular weight excluding hydrogens is 450 g/mol. The minimum Gasteiger partial charge on any atom is -0.469 e. The number of nitrogens with one attached hydrogen (secondary N) is 3. The zero-order valence-corrected chi connectivity index (χ0v) is 21.2. The molecule has 2 saturated carbocycles. The summed E-state index contributed by atoms with van der Waals surface area (Å²) >= 11 is 0. The number of ether oxygens (including phenoxy) is 2. The van der Waals surface area contributed by atoms with Gasteiger partial charge >= 0.3 is 12.1 Å². The molecule has 4 atom stereocenters. The molecule has 2 fully saturated rings. The SMILES string of the molecule is COC(=O)C1CCCC1NC(=O)c1cc(C)cc(NC(=O)C2CCCC2NC(=O)OC(C)(C)C)c1. The molecule has 0 heterocycles. The van der Waals surface area contributed by atoms with Gasteiger partial charge in [-0.1, -0.05) is 12.8 Å². The first-order valence-electron chi connectivity index (χ1n) is 12.3. The van der Waals surface area contributed by atoms with Crippen LogP contribution in [0, 0.1) is 18.8 Å². The van der Waals surface area contributed by atoms with E-state index < -0.39 is 11.7 Å². The number of carbonyl (C=O) groups is 4. The predicted molar refractivity (Wildman–Crippen MR) is 131 cm³/mol. The average Bonchev–Trinajstić information content (AvgIpc) is 3.40. The maximum absolute atomic E-state index is 13.1. The molecular formula is C26H37N3O6. The average molecular weight is 488 g/mol.